The normalized spacial score (nSPS) is 11.2. The minimum absolute atomic E-state index is 0. The van der Waals surface area contributed by atoms with Gasteiger partial charge in [-0.15, -0.1) is 35.9 Å². The first-order valence-electron chi connectivity index (χ1n) is 18.5. The molecule has 8 aromatic carbocycles. The third-order valence-electron chi connectivity index (χ3n) is 8.96. The summed E-state index contributed by atoms with van der Waals surface area (Å²) in [6.07, 6.45) is 0.715. The second-order valence-corrected chi connectivity index (χ2v) is 19.0. The summed E-state index contributed by atoms with van der Waals surface area (Å²) in [5.41, 5.74) is 10.7. The van der Waals surface area contributed by atoms with Crippen LogP contribution in [0, 0.1) is 6.07 Å². The van der Waals surface area contributed by atoms with Gasteiger partial charge in [0.05, 0.1) is 17.6 Å². The molecular formula is C49H41N2O4P2PdS-. The van der Waals surface area contributed by atoms with Gasteiger partial charge in [-0.2, -0.15) is 8.42 Å². The number of hydrogen-bond donors (Lipinski definition) is 3. The van der Waals surface area contributed by atoms with E-state index >= 15 is 0 Å². The molecule has 1 aliphatic heterocycles. The number of benzene rings is 8. The molecule has 0 radical (unpaired) electrons. The maximum Gasteiger partial charge on any atom is 0.261 e. The van der Waals surface area contributed by atoms with Crippen LogP contribution in [0.4, 0.5) is 17.1 Å². The van der Waals surface area contributed by atoms with Gasteiger partial charge >= 0.3 is 0 Å². The second-order valence-electron chi connectivity index (χ2n) is 13.1. The van der Waals surface area contributed by atoms with E-state index in [0.29, 0.717) is 6.26 Å². The Labute approximate surface area is 363 Å². The van der Waals surface area contributed by atoms with E-state index in [4.69, 9.17) is 15.0 Å². The van der Waals surface area contributed by atoms with Gasteiger partial charge in [0, 0.05) is 31.0 Å². The van der Waals surface area contributed by atoms with Crippen molar-refractivity contribution < 1.29 is 38.1 Å². The summed E-state index contributed by atoms with van der Waals surface area (Å²) < 4.78 is 32.9. The van der Waals surface area contributed by atoms with Crippen molar-refractivity contribution in [2.45, 2.75) is 0 Å². The van der Waals surface area contributed by atoms with Crippen molar-refractivity contribution in [1.82, 2.24) is 0 Å². The molecule has 10 heteroatoms. The van der Waals surface area contributed by atoms with Crippen LogP contribution in [-0.4, -0.2) is 19.2 Å². The topological polar surface area (TPSA) is 102 Å². The van der Waals surface area contributed by atoms with Crippen molar-refractivity contribution >= 4 is 74.9 Å². The van der Waals surface area contributed by atoms with E-state index in [2.05, 4.69) is 169 Å². The molecule has 0 atom stereocenters. The number of fused-ring (bicyclic) bond motifs is 2. The van der Waals surface area contributed by atoms with Gasteiger partial charge in [-0.05, 0) is 73.1 Å². The van der Waals surface area contributed by atoms with Crippen LogP contribution < -0.4 is 47.6 Å². The van der Waals surface area contributed by atoms with Gasteiger partial charge in [0.1, 0.15) is 0 Å². The zero-order valence-corrected chi connectivity index (χ0v) is 36.2. The maximum atomic E-state index is 9.19. The van der Waals surface area contributed by atoms with E-state index in [1.807, 2.05) is 48.5 Å². The van der Waals surface area contributed by atoms with Crippen molar-refractivity contribution in [3.8, 4) is 22.6 Å². The van der Waals surface area contributed by atoms with Gasteiger partial charge < -0.3 is 15.8 Å². The Hall–Kier alpha value is -5.41. The second kappa shape index (κ2) is 20.5. The molecule has 0 amide bonds. The van der Waals surface area contributed by atoms with Crippen LogP contribution >= 0.6 is 15.8 Å². The van der Waals surface area contributed by atoms with Crippen molar-refractivity contribution in [3.63, 3.8) is 0 Å². The number of anilines is 3. The molecule has 6 nitrogen and oxygen atoms in total. The van der Waals surface area contributed by atoms with Gasteiger partial charge in [0.2, 0.25) is 0 Å². The molecule has 59 heavy (non-hydrogen) atoms. The average Bonchev–Trinajstić information content (AvgIpc) is 3.25. The van der Waals surface area contributed by atoms with E-state index in [0.717, 1.165) is 39.7 Å². The van der Waals surface area contributed by atoms with Crippen LogP contribution in [0.15, 0.2) is 206 Å². The van der Waals surface area contributed by atoms with Crippen LogP contribution in [0.25, 0.3) is 11.1 Å². The minimum atomic E-state index is -3.67. The van der Waals surface area contributed by atoms with E-state index in [9.17, 15) is 8.42 Å². The Morgan fingerprint density at radius 1 is 0.525 bits per heavy atom. The monoisotopic (exact) mass is 921 g/mol. The molecule has 0 aromatic heterocycles. The Kier molecular flexibility index (Phi) is 15.0. The van der Waals surface area contributed by atoms with Crippen molar-refractivity contribution in [2.75, 3.05) is 17.3 Å². The molecule has 0 aliphatic carbocycles. The first-order valence-corrected chi connectivity index (χ1v) is 23.0. The first-order chi connectivity index (χ1) is 28.2. The van der Waals surface area contributed by atoms with Crippen molar-refractivity contribution in [2.24, 2.45) is 0 Å². The van der Waals surface area contributed by atoms with E-state index in [1.165, 1.54) is 31.8 Å². The van der Waals surface area contributed by atoms with E-state index < -0.39 is 26.0 Å². The Morgan fingerprint density at radius 2 is 0.898 bits per heavy atom. The largest absolute Gasteiger partial charge is 0.452 e. The van der Waals surface area contributed by atoms with Gasteiger partial charge in [-0.25, -0.2) is 0 Å². The molecule has 4 N–H and O–H groups in total. The predicted molar refractivity (Wildman–Crippen MR) is 246 cm³/mol. The number of para-hydroxylation sites is 3. The summed E-state index contributed by atoms with van der Waals surface area (Å²) in [6, 6.07) is 75.0. The van der Waals surface area contributed by atoms with Crippen LogP contribution in [-0.2, 0) is 30.5 Å². The van der Waals surface area contributed by atoms with E-state index in [-0.39, 0.29) is 20.4 Å². The summed E-state index contributed by atoms with van der Waals surface area (Å²) in [7, 11) is -5.31. The molecule has 0 fully saturated rings. The smallest absolute Gasteiger partial charge is 0.261 e. The fourth-order valence-electron chi connectivity index (χ4n) is 6.53. The molecule has 0 spiro atoms. The molecule has 0 saturated carbocycles. The molecule has 8 aromatic rings. The SMILES string of the molecule is CS(=O)(=O)O.Nc1ccccc1-c1[c-]cccc1.[Pd].c1ccc(P(c2ccccc2)c2cccc3c2Oc2c(cccc2P(c2ccccc2)c2ccccc2)N3)cc1. The van der Waals surface area contributed by atoms with Crippen LogP contribution in [0.3, 0.4) is 0 Å². The molecule has 9 rings (SSSR count). The fraction of sp³-hybridized carbons (Fsp3) is 0.0204. The standard InChI is InChI=1S/C36H27NOP2.C12H10N.CH4O3S.Pd/c1-5-15-27(16-6-1)39(28-17-7-2-8-18-28)33-25-13-23-31-35(33)38-36-32(37-31)24-14-26-34(36)40(29-19-9-3-10-20-29)30-21-11-4-12-22-30;13-12-9-5-4-8-11(12)10-6-2-1-3-7-10;1-5(2,3)4;/h1-26,37H;1-6,8-9H,13H2;1H3,(H,2,3,4);/q;-1;;. The Morgan fingerprint density at radius 3 is 1.27 bits per heavy atom. The third-order valence-corrected chi connectivity index (χ3v) is 13.9. The number of nitrogen functional groups attached to an aromatic ring is 1. The molecule has 0 saturated heterocycles. The average molecular weight is 922 g/mol. The zero-order chi connectivity index (χ0) is 40.3. The molecule has 1 aliphatic rings. The molecule has 1 heterocycles. The predicted octanol–water partition coefficient (Wildman–Crippen LogP) is 9.29. The number of ether oxygens (including phenoxy) is 1. The Balaban J connectivity index is 0.000000256. The summed E-state index contributed by atoms with van der Waals surface area (Å²) >= 11 is 0. The quantitative estimate of drug-likeness (QED) is 0.0485. The Bertz CT molecular complexity index is 2460. The van der Waals surface area contributed by atoms with Crippen LogP contribution in [0.2, 0.25) is 0 Å². The summed E-state index contributed by atoms with van der Waals surface area (Å²) in [4.78, 5) is 0. The van der Waals surface area contributed by atoms with Crippen molar-refractivity contribution in [3.05, 3.63) is 212 Å². The molecule has 0 bridgehead atoms. The minimum Gasteiger partial charge on any atom is -0.452 e. The number of hydrogen-bond acceptors (Lipinski definition) is 5. The van der Waals surface area contributed by atoms with E-state index in [1.54, 1.807) is 0 Å². The number of rotatable bonds is 7. The third kappa shape index (κ3) is 11.2. The van der Waals surface area contributed by atoms with Crippen LogP contribution in [0.1, 0.15) is 0 Å². The van der Waals surface area contributed by atoms with Gasteiger partial charge in [0.15, 0.2) is 11.5 Å². The van der Waals surface area contributed by atoms with Gasteiger partial charge in [-0.3, -0.25) is 4.55 Å². The number of nitrogens with one attached hydrogen (secondary N) is 1. The first kappa shape index (κ1) is 43.2. The van der Waals surface area contributed by atoms with Crippen molar-refractivity contribution in [1.29, 1.82) is 0 Å². The molecule has 0 unspecified atom stereocenters. The maximum absolute atomic E-state index is 9.19. The van der Waals surface area contributed by atoms with Gasteiger partial charge in [-0.1, -0.05) is 157 Å². The molecule has 298 valence electrons. The summed E-state index contributed by atoms with van der Waals surface area (Å²) in [5.74, 6) is 1.83. The summed E-state index contributed by atoms with van der Waals surface area (Å²) in [5, 5.41) is 11.4. The fourth-order valence-corrected chi connectivity index (χ4v) is 11.3. The zero-order valence-electron chi connectivity index (χ0n) is 32.0. The molecular weight excluding hydrogens is 881 g/mol. The van der Waals surface area contributed by atoms with Crippen LogP contribution in [0.5, 0.6) is 11.5 Å². The summed E-state index contributed by atoms with van der Waals surface area (Å²) in [6.45, 7) is 0. The van der Waals surface area contributed by atoms with Gasteiger partial charge in [0.25, 0.3) is 10.1 Å². The number of nitrogens with two attached hydrogens (primary N) is 1.